The van der Waals surface area contributed by atoms with Crippen molar-refractivity contribution in [2.45, 2.75) is 20.3 Å². The molecule has 2 nitrogen and oxygen atoms in total. The van der Waals surface area contributed by atoms with E-state index in [1.54, 1.807) is 0 Å². The van der Waals surface area contributed by atoms with E-state index in [9.17, 15) is 0 Å². The largest absolute Gasteiger partial charge is 0.287 e. The predicted molar refractivity (Wildman–Crippen MR) is 68.1 cm³/mol. The fourth-order valence-corrected chi connectivity index (χ4v) is 3.19. The minimum Gasteiger partial charge on any atom is -0.230 e. The van der Waals surface area contributed by atoms with Gasteiger partial charge in [0, 0.05) is 22.6 Å². The maximum atomic E-state index is 2.28. The van der Waals surface area contributed by atoms with Crippen LogP contribution in [0.2, 0.25) is 0 Å². The lowest BCUT2D eigenvalue weighted by atomic mass is 10.2. The Morgan fingerprint density at radius 3 is 2.94 bits per heavy atom. The summed E-state index contributed by atoms with van der Waals surface area (Å²) in [6.07, 6.45) is 5.55. The van der Waals surface area contributed by atoms with Crippen LogP contribution < -0.4 is 4.40 Å². The molecule has 0 aromatic carbocycles. The molecule has 0 saturated carbocycles. The number of aryl methyl sites for hydroxylation is 3. The fourth-order valence-electron chi connectivity index (χ4n) is 2.24. The molecule has 0 bridgehead atoms. The van der Waals surface area contributed by atoms with Crippen LogP contribution in [-0.2, 0) is 13.5 Å². The molecule has 0 spiro atoms. The topological polar surface area (TPSA) is 9.03 Å². The molecule has 0 aliphatic heterocycles. The van der Waals surface area contributed by atoms with E-state index < -0.39 is 0 Å². The number of aromatic nitrogens is 2. The molecule has 0 aliphatic carbocycles. The molecule has 0 N–H and O–H groups in total. The van der Waals surface area contributed by atoms with Gasteiger partial charge in [-0.2, -0.15) is 0 Å². The molecule has 82 valence electrons. The highest BCUT2D eigenvalue weighted by atomic mass is 32.1. The Kier molecular flexibility index (Phi) is 2.04. The van der Waals surface area contributed by atoms with Crippen molar-refractivity contribution >= 4 is 27.1 Å². The summed E-state index contributed by atoms with van der Waals surface area (Å²) in [5, 5.41) is 3.60. The number of rotatable bonds is 1. The SMILES string of the molecule is CCc1c[n+]2cc3c(C)csc3cc2n1C. The van der Waals surface area contributed by atoms with Gasteiger partial charge in [-0.05, 0) is 17.9 Å². The van der Waals surface area contributed by atoms with Gasteiger partial charge in [0.25, 0.3) is 5.65 Å². The zero-order valence-corrected chi connectivity index (χ0v) is 10.6. The predicted octanol–water partition coefficient (Wildman–Crippen LogP) is 2.85. The Labute approximate surface area is 98.8 Å². The molecule has 0 fully saturated rings. The summed E-state index contributed by atoms with van der Waals surface area (Å²) in [6, 6.07) is 2.28. The van der Waals surface area contributed by atoms with E-state index in [1.807, 2.05) is 11.3 Å². The van der Waals surface area contributed by atoms with Gasteiger partial charge >= 0.3 is 0 Å². The molecule has 16 heavy (non-hydrogen) atoms. The van der Waals surface area contributed by atoms with Crippen molar-refractivity contribution < 1.29 is 4.40 Å². The Morgan fingerprint density at radius 1 is 1.38 bits per heavy atom. The van der Waals surface area contributed by atoms with Crippen LogP contribution in [0.5, 0.6) is 0 Å². The van der Waals surface area contributed by atoms with Crippen LogP contribution in [0.4, 0.5) is 0 Å². The molecule has 0 aliphatic rings. The molecule has 3 heteroatoms. The number of hydrogen-bond acceptors (Lipinski definition) is 1. The average molecular weight is 231 g/mol. The molecule has 0 atom stereocenters. The van der Waals surface area contributed by atoms with E-state index in [0.717, 1.165) is 6.42 Å². The maximum Gasteiger partial charge on any atom is 0.287 e. The highest BCUT2D eigenvalue weighted by Crippen LogP contribution is 2.25. The number of hydrogen-bond donors (Lipinski definition) is 0. The van der Waals surface area contributed by atoms with Crippen molar-refractivity contribution in [3.8, 4) is 0 Å². The van der Waals surface area contributed by atoms with E-state index in [4.69, 9.17) is 0 Å². The number of fused-ring (bicyclic) bond motifs is 2. The molecule has 3 aromatic rings. The van der Waals surface area contributed by atoms with Crippen LogP contribution in [-0.4, -0.2) is 4.57 Å². The molecule has 0 unspecified atom stereocenters. The Morgan fingerprint density at radius 2 is 2.19 bits per heavy atom. The molecule has 0 amide bonds. The standard InChI is InChI=1S/C13H15N2S/c1-4-10-6-15-7-11-9(2)8-16-12(11)5-13(15)14(10)3/h5-8H,4H2,1-3H3/q+1. The third-order valence-electron chi connectivity index (χ3n) is 3.27. The Bertz CT molecular complexity index is 676. The molecule has 0 saturated heterocycles. The zero-order chi connectivity index (χ0) is 11.3. The summed E-state index contributed by atoms with van der Waals surface area (Å²) in [4.78, 5) is 0. The van der Waals surface area contributed by atoms with E-state index >= 15 is 0 Å². The van der Waals surface area contributed by atoms with Crippen molar-refractivity contribution in [1.82, 2.24) is 4.57 Å². The number of imidazole rings is 1. The summed E-state index contributed by atoms with van der Waals surface area (Å²) in [6.45, 7) is 4.37. The van der Waals surface area contributed by atoms with Crippen molar-refractivity contribution in [3.05, 3.63) is 35.1 Å². The van der Waals surface area contributed by atoms with E-state index in [0.29, 0.717) is 0 Å². The fraction of sp³-hybridized carbons (Fsp3) is 0.308. The average Bonchev–Trinajstić information content (AvgIpc) is 2.80. The maximum absolute atomic E-state index is 2.28. The van der Waals surface area contributed by atoms with Gasteiger partial charge in [0.1, 0.15) is 18.1 Å². The lowest BCUT2D eigenvalue weighted by Crippen LogP contribution is -2.18. The monoisotopic (exact) mass is 231 g/mol. The van der Waals surface area contributed by atoms with Gasteiger partial charge in [-0.3, -0.25) is 0 Å². The molecule has 3 aromatic heterocycles. The van der Waals surface area contributed by atoms with Crippen LogP contribution >= 0.6 is 11.3 Å². The second kappa shape index (κ2) is 3.32. The van der Waals surface area contributed by atoms with E-state index in [1.165, 1.54) is 27.0 Å². The normalized spacial score (nSPS) is 11.7. The lowest BCUT2D eigenvalue weighted by Gasteiger charge is -1.92. The lowest BCUT2D eigenvalue weighted by molar-refractivity contribution is -0.509. The van der Waals surface area contributed by atoms with Crippen LogP contribution in [0.25, 0.3) is 15.7 Å². The number of nitrogens with zero attached hydrogens (tertiary/aromatic N) is 2. The molecular formula is C13H15N2S+. The first-order valence-corrected chi connectivity index (χ1v) is 6.46. The molecule has 0 radical (unpaired) electrons. The van der Waals surface area contributed by atoms with E-state index in [2.05, 4.69) is 53.7 Å². The smallest absolute Gasteiger partial charge is 0.230 e. The van der Waals surface area contributed by atoms with Gasteiger partial charge in [-0.15, -0.1) is 11.3 Å². The third-order valence-corrected chi connectivity index (χ3v) is 4.33. The quantitative estimate of drug-likeness (QED) is 0.570. The first-order valence-electron chi connectivity index (χ1n) is 5.58. The second-order valence-electron chi connectivity index (χ2n) is 4.27. The van der Waals surface area contributed by atoms with Crippen LogP contribution in [0.3, 0.4) is 0 Å². The first-order chi connectivity index (χ1) is 7.70. The number of thiophene rings is 1. The van der Waals surface area contributed by atoms with Crippen molar-refractivity contribution in [1.29, 1.82) is 0 Å². The van der Waals surface area contributed by atoms with Crippen LogP contribution in [0.1, 0.15) is 18.2 Å². The summed E-state index contributed by atoms with van der Waals surface area (Å²) < 4.78 is 5.89. The molecule has 3 rings (SSSR count). The van der Waals surface area contributed by atoms with Gasteiger partial charge in [-0.25, -0.2) is 8.97 Å². The number of pyridine rings is 1. The van der Waals surface area contributed by atoms with Crippen molar-refractivity contribution in [2.75, 3.05) is 0 Å². The summed E-state index contributed by atoms with van der Waals surface area (Å²) in [5.41, 5.74) is 4.01. The van der Waals surface area contributed by atoms with Crippen LogP contribution in [0.15, 0.2) is 23.8 Å². The minimum absolute atomic E-state index is 1.07. The highest BCUT2D eigenvalue weighted by Gasteiger charge is 2.14. The molecule has 3 heterocycles. The highest BCUT2D eigenvalue weighted by molar-refractivity contribution is 7.17. The Hall–Kier alpha value is -1.35. The van der Waals surface area contributed by atoms with Gasteiger partial charge in [0.15, 0.2) is 0 Å². The van der Waals surface area contributed by atoms with Crippen LogP contribution in [0, 0.1) is 6.92 Å². The Balaban J connectivity index is 2.45. The second-order valence-corrected chi connectivity index (χ2v) is 5.18. The van der Waals surface area contributed by atoms with E-state index in [-0.39, 0.29) is 0 Å². The summed E-state index contributed by atoms with van der Waals surface area (Å²) >= 11 is 1.83. The van der Waals surface area contributed by atoms with Gasteiger partial charge in [0.2, 0.25) is 0 Å². The van der Waals surface area contributed by atoms with Gasteiger partial charge < -0.3 is 0 Å². The summed E-state index contributed by atoms with van der Waals surface area (Å²) in [7, 11) is 2.14. The summed E-state index contributed by atoms with van der Waals surface area (Å²) in [5.74, 6) is 0. The van der Waals surface area contributed by atoms with Crippen molar-refractivity contribution in [2.24, 2.45) is 7.05 Å². The molecular weight excluding hydrogens is 216 g/mol. The van der Waals surface area contributed by atoms with Gasteiger partial charge in [0.05, 0.1) is 7.05 Å². The third kappa shape index (κ3) is 1.21. The van der Waals surface area contributed by atoms with Gasteiger partial charge in [-0.1, -0.05) is 6.92 Å². The van der Waals surface area contributed by atoms with Crippen molar-refractivity contribution in [3.63, 3.8) is 0 Å². The first kappa shape index (κ1) is 9.85. The zero-order valence-electron chi connectivity index (χ0n) is 9.82. The minimum atomic E-state index is 1.07.